The standard InChI is InChI=1S/C18H20Cl2/c1-12-9-14(17(20)16(19)10-12)11-13-5-7-15(8-6-13)18(2,3)4/h5-10H,11H2,1-4H3. The summed E-state index contributed by atoms with van der Waals surface area (Å²) in [7, 11) is 0. The van der Waals surface area contributed by atoms with E-state index in [-0.39, 0.29) is 5.41 Å². The molecule has 0 aromatic heterocycles. The molecule has 0 saturated heterocycles. The third kappa shape index (κ3) is 3.56. The minimum atomic E-state index is 0.183. The zero-order chi connectivity index (χ0) is 14.9. The smallest absolute Gasteiger partial charge is 0.0627 e. The van der Waals surface area contributed by atoms with E-state index in [1.54, 1.807) is 0 Å². The Bertz CT molecular complexity index is 605. The highest BCUT2D eigenvalue weighted by Crippen LogP contribution is 2.30. The highest BCUT2D eigenvalue weighted by atomic mass is 35.5. The molecule has 0 aliphatic heterocycles. The molecule has 2 aromatic carbocycles. The first-order valence-electron chi connectivity index (χ1n) is 6.81. The topological polar surface area (TPSA) is 0 Å². The van der Waals surface area contributed by atoms with E-state index in [0.29, 0.717) is 10.0 Å². The molecule has 0 saturated carbocycles. The molecule has 2 aromatic rings. The molecule has 0 heterocycles. The number of halogens is 2. The van der Waals surface area contributed by atoms with E-state index in [1.807, 2.05) is 13.0 Å². The van der Waals surface area contributed by atoms with Crippen molar-refractivity contribution in [2.75, 3.05) is 0 Å². The van der Waals surface area contributed by atoms with E-state index in [4.69, 9.17) is 23.2 Å². The minimum Gasteiger partial charge on any atom is -0.0827 e. The first kappa shape index (κ1) is 15.4. The van der Waals surface area contributed by atoms with Gasteiger partial charge in [-0.2, -0.15) is 0 Å². The average molecular weight is 307 g/mol. The lowest BCUT2D eigenvalue weighted by Crippen LogP contribution is -2.10. The van der Waals surface area contributed by atoms with E-state index in [1.165, 1.54) is 11.1 Å². The minimum absolute atomic E-state index is 0.183. The van der Waals surface area contributed by atoms with Crippen molar-refractivity contribution in [1.29, 1.82) is 0 Å². The van der Waals surface area contributed by atoms with Crippen molar-refractivity contribution in [1.82, 2.24) is 0 Å². The van der Waals surface area contributed by atoms with Gasteiger partial charge in [-0.15, -0.1) is 0 Å². The molecule has 0 bridgehead atoms. The summed E-state index contributed by atoms with van der Waals surface area (Å²) >= 11 is 12.4. The molecule has 106 valence electrons. The number of rotatable bonds is 2. The lowest BCUT2D eigenvalue weighted by molar-refractivity contribution is 0.590. The number of hydrogen-bond donors (Lipinski definition) is 0. The van der Waals surface area contributed by atoms with Crippen molar-refractivity contribution in [3.05, 3.63) is 68.7 Å². The average Bonchev–Trinajstić information content (AvgIpc) is 2.35. The summed E-state index contributed by atoms with van der Waals surface area (Å²) in [5.74, 6) is 0. The first-order valence-corrected chi connectivity index (χ1v) is 7.57. The van der Waals surface area contributed by atoms with E-state index < -0.39 is 0 Å². The summed E-state index contributed by atoms with van der Waals surface area (Å²) < 4.78 is 0. The monoisotopic (exact) mass is 306 g/mol. The van der Waals surface area contributed by atoms with E-state index >= 15 is 0 Å². The van der Waals surface area contributed by atoms with Crippen LogP contribution in [0.2, 0.25) is 10.0 Å². The van der Waals surface area contributed by atoms with Gasteiger partial charge >= 0.3 is 0 Å². The van der Waals surface area contributed by atoms with Gasteiger partial charge in [0, 0.05) is 0 Å². The Hall–Kier alpha value is -0.980. The van der Waals surface area contributed by atoms with Crippen LogP contribution in [-0.2, 0) is 11.8 Å². The largest absolute Gasteiger partial charge is 0.0827 e. The molecule has 0 N–H and O–H groups in total. The van der Waals surface area contributed by atoms with Crippen LogP contribution in [-0.4, -0.2) is 0 Å². The van der Waals surface area contributed by atoms with Crippen molar-refractivity contribution in [2.24, 2.45) is 0 Å². The van der Waals surface area contributed by atoms with Crippen molar-refractivity contribution < 1.29 is 0 Å². The Morgan fingerprint density at radius 3 is 2.10 bits per heavy atom. The number of aryl methyl sites for hydroxylation is 1. The summed E-state index contributed by atoms with van der Waals surface area (Å²) in [5, 5.41) is 1.30. The zero-order valence-electron chi connectivity index (χ0n) is 12.4. The summed E-state index contributed by atoms with van der Waals surface area (Å²) in [5.41, 5.74) is 5.00. The van der Waals surface area contributed by atoms with Crippen LogP contribution in [0, 0.1) is 6.92 Å². The maximum Gasteiger partial charge on any atom is 0.0627 e. The number of hydrogen-bond acceptors (Lipinski definition) is 0. The van der Waals surface area contributed by atoms with Crippen molar-refractivity contribution >= 4 is 23.2 Å². The maximum atomic E-state index is 6.29. The fourth-order valence-electron chi connectivity index (χ4n) is 2.27. The van der Waals surface area contributed by atoms with Gasteiger partial charge in [0.1, 0.15) is 0 Å². The zero-order valence-corrected chi connectivity index (χ0v) is 13.9. The van der Waals surface area contributed by atoms with Crippen molar-refractivity contribution in [3.63, 3.8) is 0 Å². The van der Waals surface area contributed by atoms with Gasteiger partial charge in [-0.3, -0.25) is 0 Å². The quantitative estimate of drug-likeness (QED) is 0.620. The van der Waals surface area contributed by atoms with Crippen molar-refractivity contribution in [3.8, 4) is 0 Å². The first-order chi connectivity index (χ1) is 9.27. The van der Waals surface area contributed by atoms with Crippen molar-refractivity contribution in [2.45, 2.75) is 39.5 Å². The summed E-state index contributed by atoms with van der Waals surface area (Å²) in [6.07, 6.45) is 0.810. The molecule has 0 atom stereocenters. The normalized spacial score (nSPS) is 11.7. The predicted molar refractivity (Wildman–Crippen MR) is 89.1 cm³/mol. The van der Waals surface area contributed by atoms with E-state index in [2.05, 4.69) is 51.1 Å². The molecule has 0 nitrogen and oxygen atoms in total. The van der Waals surface area contributed by atoms with Gasteiger partial charge in [0.05, 0.1) is 10.0 Å². The second-order valence-corrected chi connectivity index (χ2v) is 7.13. The Morgan fingerprint density at radius 1 is 0.950 bits per heavy atom. The Balaban J connectivity index is 2.27. The van der Waals surface area contributed by atoms with Gasteiger partial charge in [-0.25, -0.2) is 0 Å². The Morgan fingerprint density at radius 2 is 1.55 bits per heavy atom. The second kappa shape index (κ2) is 5.79. The van der Waals surface area contributed by atoms with Crippen LogP contribution in [0.5, 0.6) is 0 Å². The molecular formula is C18H20Cl2. The molecule has 0 aliphatic rings. The van der Waals surface area contributed by atoms with Crippen LogP contribution < -0.4 is 0 Å². The molecule has 2 heteroatoms. The highest BCUT2D eigenvalue weighted by molar-refractivity contribution is 6.42. The second-order valence-electron chi connectivity index (χ2n) is 6.34. The molecule has 0 fully saturated rings. The van der Waals surface area contributed by atoms with Crippen LogP contribution in [0.25, 0.3) is 0 Å². The summed E-state index contributed by atoms with van der Waals surface area (Å²) in [6, 6.07) is 12.7. The molecule has 0 unspecified atom stereocenters. The maximum absolute atomic E-state index is 6.29. The Labute approximate surface area is 131 Å². The Kier molecular flexibility index (Phi) is 4.46. The molecule has 0 amide bonds. The summed E-state index contributed by atoms with van der Waals surface area (Å²) in [6.45, 7) is 8.70. The lowest BCUT2D eigenvalue weighted by Gasteiger charge is -2.19. The van der Waals surface area contributed by atoms with E-state index in [0.717, 1.165) is 17.5 Å². The number of benzene rings is 2. The van der Waals surface area contributed by atoms with Crippen LogP contribution in [0.15, 0.2) is 36.4 Å². The fraction of sp³-hybridized carbons (Fsp3) is 0.333. The van der Waals surface area contributed by atoms with Crippen LogP contribution >= 0.6 is 23.2 Å². The predicted octanol–water partition coefficient (Wildman–Crippen LogP) is 6.19. The van der Waals surface area contributed by atoms with Gasteiger partial charge in [-0.1, -0.05) is 74.3 Å². The SMILES string of the molecule is Cc1cc(Cl)c(Cl)c(Cc2ccc(C(C)(C)C)cc2)c1. The van der Waals surface area contributed by atoms with Gasteiger partial charge in [0.15, 0.2) is 0 Å². The lowest BCUT2D eigenvalue weighted by atomic mass is 9.86. The van der Waals surface area contributed by atoms with Gasteiger partial charge < -0.3 is 0 Å². The highest BCUT2D eigenvalue weighted by Gasteiger charge is 2.13. The van der Waals surface area contributed by atoms with Gasteiger partial charge in [-0.05, 0) is 47.1 Å². The molecule has 0 aliphatic carbocycles. The van der Waals surface area contributed by atoms with Crippen LogP contribution in [0.1, 0.15) is 43.0 Å². The third-order valence-electron chi connectivity index (χ3n) is 3.46. The summed E-state index contributed by atoms with van der Waals surface area (Å²) in [4.78, 5) is 0. The van der Waals surface area contributed by atoms with E-state index in [9.17, 15) is 0 Å². The van der Waals surface area contributed by atoms with Gasteiger partial charge in [0.2, 0.25) is 0 Å². The fourth-order valence-corrected chi connectivity index (χ4v) is 2.74. The third-order valence-corrected chi connectivity index (χ3v) is 4.30. The molecule has 2 rings (SSSR count). The van der Waals surface area contributed by atoms with Gasteiger partial charge in [0.25, 0.3) is 0 Å². The molecular weight excluding hydrogens is 287 g/mol. The molecule has 0 spiro atoms. The van der Waals surface area contributed by atoms with Crippen LogP contribution in [0.3, 0.4) is 0 Å². The molecule has 0 radical (unpaired) electrons. The molecule has 20 heavy (non-hydrogen) atoms. The van der Waals surface area contributed by atoms with Crippen LogP contribution in [0.4, 0.5) is 0 Å².